The molecule has 0 saturated carbocycles. The first-order chi connectivity index (χ1) is 9.55. The second kappa shape index (κ2) is 4.59. The Morgan fingerprint density at radius 1 is 1.40 bits per heavy atom. The first-order valence-corrected chi connectivity index (χ1v) is 6.96. The Labute approximate surface area is 119 Å². The molecular formula is C15H20N4O. The van der Waals surface area contributed by atoms with E-state index in [1.54, 1.807) is 11.9 Å². The van der Waals surface area contributed by atoms with E-state index in [1.165, 1.54) is 5.56 Å². The quantitative estimate of drug-likeness (QED) is 0.886. The molecule has 1 saturated heterocycles. The molecule has 2 aliphatic rings. The van der Waals surface area contributed by atoms with Crippen molar-refractivity contribution < 1.29 is 4.79 Å². The fourth-order valence-electron chi connectivity index (χ4n) is 3.46. The number of likely N-dealkylation sites (N-methyl/N-ethyl adjacent to an activating group) is 1. The Balaban J connectivity index is 1.83. The van der Waals surface area contributed by atoms with Crippen molar-refractivity contribution in [2.45, 2.75) is 31.5 Å². The normalized spacial score (nSPS) is 30.3. The lowest BCUT2D eigenvalue weighted by Gasteiger charge is -2.37. The van der Waals surface area contributed by atoms with Gasteiger partial charge in [-0.05, 0) is 18.9 Å². The summed E-state index contributed by atoms with van der Waals surface area (Å²) in [5.41, 5.74) is 6.91. The maximum Gasteiger partial charge on any atom is 0.345 e. The monoisotopic (exact) mass is 272 g/mol. The van der Waals surface area contributed by atoms with Gasteiger partial charge in [-0.1, -0.05) is 30.3 Å². The molecule has 1 spiro atoms. The predicted molar refractivity (Wildman–Crippen MR) is 78.4 cm³/mol. The standard InChI is InChI=1S/C15H20N4O/c1-11-15(13(16)17-14(20)18(15)2)8-9-19(11)10-12-6-4-3-5-7-12/h3-7,11H,8-10H2,1-2H3,(H2,16,17,20). The Morgan fingerprint density at radius 3 is 2.70 bits per heavy atom. The van der Waals surface area contributed by atoms with Gasteiger partial charge in [-0.15, -0.1) is 0 Å². The van der Waals surface area contributed by atoms with Crippen LogP contribution in [0.5, 0.6) is 0 Å². The van der Waals surface area contributed by atoms with Crippen molar-refractivity contribution in [1.82, 2.24) is 9.80 Å². The van der Waals surface area contributed by atoms with Gasteiger partial charge in [-0.25, -0.2) is 4.79 Å². The number of benzene rings is 1. The van der Waals surface area contributed by atoms with E-state index in [-0.39, 0.29) is 12.1 Å². The Bertz CT molecular complexity index is 556. The average molecular weight is 272 g/mol. The number of urea groups is 1. The van der Waals surface area contributed by atoms with Crippen LogP contribution in [0.4, 0.5) is 4.79 Å². The number of amides is 2. The van der Waals surface area contributed by atoms with Crippen LogP contribution in [-0.2, 0) is 6.54 Å². The van der Waals surface area contributed by atoms with Crippen LogP contribution < -0.4 is 5.73 Å². The summed E-state index contributed by atoms with van der Waals surface area (Å²) in [5, 5.41) is 0. The second-order valence-electron chi connectivity index (χ2n) is 5.64. The number of amidine groups is 1. The third kappa shape index (κ3) is 1.73. The minimum atomic E-state index is -0.425. The number of carbonyl (C=O) groups is 1. The highest BCUT2D eigenvalue weighted by Gasteiger charge is 2.55. The third-order valence-corrected chi connectivity index (χ3v) is 4.79. The van der Waals surface area contributed by atoms with Gasteiger partial charge in [0.15, 0.2) is 0 Å². The number of nitrogens with two attached hydrogens (primary N) is 1. The van der Waals surface area contributed by atoms with E-state index in [9.17, 15) is 4.79 Å². The van der Waals surface area contributed by atoms with Crippen molar-refractivity contribution in [2.24, 2.45) is 10.7 Å². The fourth-order valence-corrected chi connectivity index (χ4v) is 3.46. The van der Waals surface area contributed by atoms with Crippen LogP contribution in [0.2, 0.25) is 0 Å². The van der Waals surface area contributed by atoms with E-state index in [0.717, 1.165) is 19.5 Å². The van der Waals surface area contributed by atoms with Crippen LogP contribution >= 0.6 is 0 Å². The van der Waals surface area contributed by atoms with E-state index >= 15 is 0 Å². The summed E-state index contributed by atoms with van der Waals surface area (Å²) in [4.78, 5) is 19.8. The molecule has 1 fully saturated rings. The summed E-state index contributed by atoms with van der Waals surface area (Å²) in [6.45, 7) is 3.93. The van der Waals surface area contributed by atoms with Crippen molar-refractivity contribution in [3.63, 3.8) is 0 Å². The minimum absolute atomic E-state index is 0.169. The van der Waals surface area contributed by atoms with Crippen molar-refractivity contribution in [1.29, 1.82) is 0 Å². The number of aliphatic imine (C=N–C) groups is 1. The zero-order valence-electron chi connectivity index (χ0n) is 11.9. The molecule has 2 heterocycles. The van der Waals surface area contributed by atoms with E-state index in [2.05, 4.69) is 28.9 Å². The van der Waals surface area contributed by atoms with E-state index in [1.807, 2.05) is 18.2 Å². The molecule has 2 atom stereocenters. The maximum atomic E-state index is 11.8. The second-order valence-corrected chi connectivity index (χ2v) is 5.64. The molecule has 2 N–H and O–H groups in total. The van der Waals surface area contributed by atoms with Crippen LogP contribution in [0, 0.1) is 0 Å². The van der Waals surface area contributed by atoms with Gasteiger partial charge < -0.3 is 10.6 Å². The number of rotatable bonds is 2. The zero-order chi connectivity index (χ0) is 14.3. The van der Waals surface area contributed by atoms with Crippen LogP contribution in [0.1, 0.15) is 18.9 Å². The van der Waals surface area contributed by atoms with Crippen LogP contribution in [0.3, 0.4) is 0 Å². The molecule has 0 aliphatic carbocycles. The first-order valence-electron chi connectivity index (χ1n) is 6.96. The number of nitrogens with zero attached hydrogens (tertiary/aromatic N) is 3. The predicted octanol–water partition coefficient (Wildman–Crippen LogP) is 1.44. The van der Waals surface area contributed by atoms with Gasteiger partial charge in [0.1, 0.15) is 11.4 Å². The third-order valence-electron chi connectivity index (χ3n) is 4.79. The average Bonchev–Trinajstić information content (AvgIpc) is 2.87. The summed E-state index contributed by atoms with van der Waals surface area (Å²) in [5.74, 6) is 0.466. The summed E-state index contributed by atoms with van der Waals surface area (Å²) >= 11 is 0. The maximum absolute atomic E-state index is 11.8. The van der Waals surface area contributed by atoms with Gasteiger partial charge in [-0.2, -0.15) is 4.99 Å². The number of hydrogen-bond acceptors (Lipinski definition) is 3. The SMILES string of the molecule is CC1N(Cc2ccccc2)CCC12C(N)=NC(=O)N2C. The fraction of sp³-hybridized carbons (Fsp3) is 0.467. The van der Waals surface area contributed by atoms with Gasteiger partial charge in [0.05, 0.1) is 0 Å². The van der Waals surface area contributed by atoms with Gasteiger partial charge >= 0.3 is 6.03 Å². The molecule has 20 heavy (non-hydrogen) atoms. The summed E-state index contributed by atoms with van der Waals surface area (Å²) in [7, 11) is 1.80. The molecule has 0 aromatic heterocycles. The molecule has 2 amide bonds. The zero-order valence-corrected chi connectivity index (χ0v) is 11.9. The first kappa shape index (κ1) is 13.1. The Morgan fingerprint density at radius 2 is 2.10 bits per heavy atom. The molecule has 5 nitrogen and oxygen atoms in total. The van der Waals surface area contributed by atoms with Crippen LogP contribution in [0.25, 0.3) is 0 Å². The van der Waals surface area contributed by atoms with E-state index in [0.29, 0.717) is 5.84 Å². The molecule has 5 heteroatoms. The lowest BCUT2D eigenvalue weighted by Crippen LogP contribution is -2.58. The van der Waals surface area contributed by atoms with Gasteiger partial charge in [-0.3, -0.25) is 4.90 Å². The lowest BCUT2D eigenvalue weighted by atomic mass is 9.89. The summed E-state index contributed by atoms with van der Waals surface area (Å²) in [6.07, 6.45) is 0.846. The minimum Gasteiger partial charge on any atom is -0.385 e. The largest absolute Gasteiger partial charge is 0.385 e. The molecular weight excluding hydrogens is 252 g/mol. The highest BCUT2D eigenvalue weighted by Crippen LogP contribution is 2.37. The summed E-state index contributed by atoms with van der Waals surface area (Å²) < 4.78 is 0. The highest BCUT2D eigenvalue weighted by atomic mass is 16.2. The molecule has 0 radical (unpaired) electrons. The van der Waals surface area contributed by atoms with Gasteiger partial charge in [0.25, 0.3) is 0 Å². The molecule has 106 valence electrons. The topological polar surface area (TPSA) is 61.9 Å². The molecule has 1 aromatic carbocycles. The smallest absolute Gasteiger partial charge is 0.345 e. The van der Waals surface area contributed by atoms with E-state index < -0.39 is 5.54 Å². The van der Waals surface area contributed by atoms with Crippen molar-refractivity contribution >= 4 is 11.9 Å². The Hall–Kier alpha value is -1.88. The molecule has 0 bridgehead atoms. The number of hydrogen-bond donors (Lipinski definition) is 1. The molecule has 3 rings (SSSR count). The number of carbonyl (C=O) groups excluding carboxylic acids is 1. The summed E-state index contributed by atoms with van der Waals surface area (Å²) in [6, 6.07) is 10.3. The highest BCUT2D eigenvalue weighted by molar-refractivity contribution is 6.06. The number of likely N-dealkylation sites (tertiary alicyclic amines) is 1. The molecule has 2 aliphatic heterocycles. The van der Waals surface area contributed by atoms with Crippen LogP contribution in [-0.4, -0.2) is 46.8 Å². The molecule has 2 unspecified atom stereocenters. The lowest BCUT2D eigenvalue weighted by molar-refractivity contribution is 0.154. The van der Waals surface area contributed by atoms with Crippen molar-refractivity contribution in [3.8, 4) is 0 Å². The Kier molecular flexibility index (Phi) is 3.01. The van der Waals surface area contributed by atoms with E-state index in [4.69, 9.17) is 5.73 Å². The van der Waals surface area contributed by atoms with Crippen LogP contribution in [0.15, 0.2) is 35.3 Å². The van der Waals surface area contributed by atoms with Crippen molar-refractivity contribution in [2.75, 3.05) is 13.6 Å². The van der Waals surface area contributed by atoms with Gasteiger partial charge in [0.2, 0.25) is 0 Å². The van der Waals surface area contributed by atoms with Gasteiger partial charge in [0, 0.05) is 26.2 Å². The molecule has 1 aromatic rings. The van der Waals surface area contributed by atoms with Crippen molar-refractivity contribution in [3.05, 3.63) is 35.9 Å².